The fourth-order valence-electron chi connectivity index (χ4n) is 1.13. The van der Waals surface area contributed by atoms with Crippen molar-refractivity contribution in [3.05, 3.63) is 24.9 Å². The number of aryl methyl sites for hydroxylation is 1. The van der Waals surface area contributed by atoms with Gasteiger partial charge in [-0.15, -0.1) is 0 Å². The maximum absolute atomic E-state index is 4.32. The highest BCUT2D eigenvalue weighted by Crippen LogP contribution is 2.11. The zero-order valence-electron chi connectivity index (χ0n) is 7.65. The second-order valence-corrected chi connectivity index (χ2v) is 3.04. The Morgan fingerprint density at radius 2 is 2.23 bits per heavy atom. The molecule has 0 aliphatic carbocycles. The third-order valence-corrected chi connectivity index (χ3v) is 1.84. The Bertz CT molecular complexity index is 469. The van der Waals surface area contributed by atoms with Gasteiger partial charge in [0, 0.05) is 7.05 Å². The molecule has 0 fully saturated rings. The summed E-state index contributed by atoms with van der Waals surface area (Å²) in [4.78, 5) is 12.6. The van der Waals surface area contributed by atoms with Crippen LogP contribution >= 0.6 is 0 Å². The maximum Gasteiger partial charge on any atom is 0.163 e. The van der Waals surface area contributed by atoms with E-state index in [2.05, 4.69) is 21.5 Å². The lowest BCUT2D eigenvalue weighted by atomic mass is 10.3. The van der Waals surface area contributed by atoms with Gasteiger partial charge in [-0.1, -0.05) is 6.58 Å². The molecule has 13 heavy (non-hydrogen) atoms. The first-order valence-corrected chi connectivity index (χ1v) is 3.98. The van der Waals surface area contributed by atoms with E-state index in [1.165, 1.54) is 0 Å². The van der Waals surface area contributed by atoms with E-state index in [-0.39, 0.29) is 0 Å². The summed E-state index contributed by atoms with van der Waals surface area (Å²) < 4.78 is 1.86. The third kappa shape index (κ3) is 1.20. The zero-order chi connectivity index (χ0) is 9.42. The summed E-state index contributed by atoms with van der Waals surface area (Å²) in [5, 5.41) is 0. The van der Waals surface area contributed by atoms with Crippen LogP contribution in [0.2, 0.25) is 0 Å². The average Bonchev–Trinajstić information content (AvgIpc) is 2.47. The van der Waals surface area contributed by atoms with E-state index in [0.717, 1.165) is 16.7 Å². The summed E-state index contributed by atoms with van der Waals surface area (Å²) in [6, 6.07) is 0. The number of hydrogen-bond acceptors (Lipinski definition) is 3. The van der Waals surface area contributed by atoms with E-state index >= 15 is 0 Å². The summed E-state index contributed by atoms with van der Waals surface area (Å²) in [7, 11) is 1.91. The van der Waals surface area contributed by atoms with Crippen LogP contribution in [0.25, 0.3) is 16.7 Å². The van der Waals surface area contributed by atoms with Crippen LogP contribution in [0.15, 0.2) is 19.1 Å². The first-order chi connectivity index (χ1) is 6.18. The van der Waals surface area contributed by atoms with Crippen LogP contribution in [0.5, 0.6) is 0 Å². The standard InChI is InChI=1S/C9H10N4/c1-6(2)8-10-4-7-9(12-8)13(3)5-11-7/h4-5H,1H2,2-3H3. The van der Waals surface area contributed by atoms with Crippen molar-refractivity contribution < 1.29 is 0 Å². The van der Waals surface area contributed by atoms with Gasteiger partial charge in [-0.25, -0.2) is 15.0 Å². The Kier molecular flexibility index (Phi) is 1.62. The van der Waals surface area contributed by atoms with Crippen LogP contribution in [-0.4, -0.2) is 19.5 Å². The zero-order valence-corrected chi connectivity index (χ0v) is 7.65. The Labute approximate surface area is 76.0 Å². The molecule has 0 aliphatic heterocycles. The quantitative estimate of drug-likeness (QED) is 0.656. The van der Waals surface area contributed by atoms with Crippen LogP contribution < -0.4 is 0 Å². The molecule has 0 saturated carbocycles. The second kappa shape index (κ2) is 2.65. The van der Waals surface area contributed by atoms with Crippen LogP contribution in [0.4, 0.5) is 0 Å². The monoisotopic (exact) mass is 174 g/mol. The SMILES string of the molecule is C=C(C)c1ncc2ncn(C)c2n1. The van der Waals surface area contributed by atoms with Gasteiger partial charge < -0.3 is 4.57 Å². The molecule has 0 amide bonds. The van der Waals surface area contributed by atoms with Crippen molar-refractivity contribution in [3.63, 3.8) is 0 Å². The van der Waals surface area contributed by atoms with E-state index in [4.69, 9.17) is 0 Å². The fourth-order valence-corrected chi connectivity index (χ4v) is 1.13. The predicted octanol–water partition coefficient (Wildman–Crippen LogP) is 1.40. The van der Waals surface area contributed by atoms with Crippen LogP contribution in [-0.2, 0) is 7.05 Å². The molecule has 4 nitrogen and oxygen atoms in total. The first-order valence-electron chi connectivity index (χ1n) is 3.98. The molecule has 0 atom stereocenters. The number of rotatable bonds is 1. The highest BCUT2D eigenvalue weighted by atomic mass is 15.1. The number of aromatic nitrogens is 4. The first kappa shape index (κ1) is 7.91. The Morgan fingerprint density at radius 3 is 2.92 bits per heavy atom. The summed E-state index contributed by atoms with van der Waals surface area (Å²) in [6.07, 6.45) is 3.44. The van der Waals surface area contributed by atoms with Crippen molar-refractivity contribution in [2.24, 2.45) is 7.05 Å². The van der Waals surface area contributed by atoms with Crippen molar-refractivity contribution in [1.29, 1.82) is 0 Å². The minimum absolute atomic E-state index is 0.677. The van der Waals surface area contributed by atoms with Gasteiger partial charge in [-0.3, -0.25) is 0 Å². The van der Waals surface area contributed by atoms with Gasteiger partial charge >= 0.3 is 0 Å². The smallest absolute Gasteiger partial charge is 0.163 e. The van der Waals surface area contributed by atoms with Gasteiger partial charge in [0.05, 0.1) is 12.5 Å². The molecule has 2 aromatic rings. The van der Waals surface area contributed by atoms with Crippen LogP contribution in [0, 0.1) is 0 Å². The molecule has 0 bridgehead atoms. The minimum atomic E-state index is 0.677. The van der Waals surface area contributed by atoms with Crippen molar-refractivity contribution >= 4 is 16.7 Å². The molecule has 4 heteroatoms. The molecule has 0 saturated heterocycles. The van der Waals surface area contributed by atoms with Crippen molar-refractivity contribution in [3.8, 4) is 0 Å². The molecule has 2 heterocycles. The third-order valence-electron chi connectivity index (χ3n) is 1.84. The molecule has 0 unspecified atom stereocenters. The Morgan fingerprint density at radius 1 is 1.46 bits per heavy atom. The predicted molar refractivity (Wildman–Crippen MR) is 51.0 cm³/mol. The van der Waals surface area contributed by atoms with E-state index < -0.39 is 0 Å². The molecule has 0 radical (unpaired) electrons. The molecular weight excluding hydrogens is 164 g/mol. The number of nitrogens with zero attached hydrogens (tertiary/aromatic N) is 4. The molecule has 0 aliphatic rings. The van der Waals surface area contributed by atoms with E-state index in [0.29, 0.717) is 5.82 Å². The molecular formula is C9H10N4. The number of imidazole rings is 1. The second-order valence-electron chi connectivity index (χ2n) is 3.04. The van der Waals surface area contributed by atoms with Gasteiger partial charge in [-0.05, 0) is 12.5 Å². The summed E-state index contributed by atoms with van der Waals surface area (Å²) >= 11 is 0. The van der Waals surface area contributed by atoms with Gasteiger partial charge in [0.25, 0.3) is 0 Å². The van der Waals surface area contributed by atoms with Gasteiger partial charge in [0.1, 0.15) is 5.52 Å². The number of fused-ring (bicyclic) bond motifs is 1. The van der Waals surface area contributed by atoms with Gasteiger partial charge in [0.2, 0.25) is 0 Å². The lowest BCUT2D eigenvalue weighted by Gasteiger charge is -1.97. The fraction of sp³-hybridized carbons (Fsp3) is 0.222. The van der Waals surface area contributed by atoms with Crippen molar-refractivity contribution in [1.82, 2.24) is 19.5 Å². The molecule has 66 valence electrons. The highest BCUT2D eigenvalue weighted by molar-refractivity contribution is 5.71. The van der Waals surface area contributed by atoms with E-state index in [1.807, 2.05) is 18.5 Å². The number of allylic oxidation sites excluding steroid dienone is 1. The average molecular weight is 174 g/mol. The lowest BCUT2D eigenvalue weighted by Crippen LogP contribution is -1.94. The minimum Gasteiger partial charge on any atom is -0.318 e. The number of hydrogen-bond donors (Lipinski definition) is 0. The Balaban J connectivity index is 2.72. The maximum atomic E-state index is 4.32. The van der Waals surface area contributed by atoms with Gasteiger partial charge in [-0.2, -0.15) is 0 Å². The van der Waals surface area contributed by atoms with E-state index in [9.17, 15) is 0 Å². The van der Waals surface area contributed by atoms with E-state index in [1.54, 1.807) is 12.5 Å². The molecule has 2 rings (SSSR count). The van der Waals surface area contributed by atoms with Crippen LogP contribution in [0.3, 0.4) is 0 Å². The summed E-state index contributed by atoms with van der Waals surface area (Å²) in [5.74, 6) is 0.677. The molecule has 0 N–H and O–H groups in total. The lowest BCUT2D eigenvalue weighted by molar-refractivity contribution is 0.925. The van der Waals surface area contributed by atoms with Crippen molar-refractivity contribution in [2.45, 2.75) is 6.92 Å². The molecule has 0 spiro atoms. The molecule has 0 aromatic carbocycles. The van der Waals surface area contributed by atoms with Crippen LogP contribution in [0.1, 0.15) is 12.7 Å². The largest absolute Gasteiger partial charge is 0.318 e. The topological polar surface area (TPSA) is 43.6 Å². The Hall–Kier alpha value is -1.71. The van der Waals surface area contributed by atoms with Gasteiger partial charge in [0.15, 0.2) is 11.5 Å². The molecule has 2 aromatic heterocycles. The summed E-state index contributed by atoms with van der Waals surface area (Å²) in [5.41, 5.74) is 2.52. The normalized spacial score (nSPS) is 10.6. The summed E-state index contributed by atoms with van der Waals surface area (Å²) in [6.45, 7) is 5.68. The van der Waals surface area contributed by atoms with Crippen molar-refractivity contribution in [2.75, 3.05) is 0 Å². The highest BCUT2D eigenvalue weighted by Gasteiger charge is 2.03.